The molecule has 0 amide bonds. The van der Waals surface area contributed by atoms with E-state index in [1.807, 2.05) is 5.38 Å². The first kappa shape index (κ1) is 11.8. The van der Waals surface area contributed by atoms with Gasteiger partial charge in [-0.25, -0.2) is 4.98 Å². The zero-order valence-electron chi connectivity index (χ0n) is 8.59. The predicted octanol–water partition coefficient (Wildman–Crippen LogP) is 3.32. The number of anilines is 1. The number of hydrogen-bond donors (Lipinski definition) is 1. The van der Waals surface area contributed by atoms with E-state index in [0.717, 1.165) is 5.01 Å². The number of hydrogen-bond acceptors (Lipinski definition) is 5. The van der Waals surface area contributed by atoms with Crippen molar-refractivity contribution in [3.63, 3.8) is 0 Å². The second-order valence-electron chi connectivity index (χ2n) is 3.20. The molecule has 1 aromatic heterocycles. The number of nitro groups is 1. The SMILES string of the molecule is O=[N+]([O-])c1ccc(Cl)cc1NCc1nccs1. The summed E-state index contributed by atoms with van der Waals surface area (Å²) in [7, 11) is 0. The molecule has 0 fully saturated rings. The van der Waals surface area contributed by atoms with E-state index < -0.39 is 4.92 Å². The number of nitrogens with zero attached hydrogens (tertiary/aromatic N) is 2. The summed E-state index contributed by atoms with van der Waals surface area (Å²) in [5.41, 5.74) is 0.406. The molecule has 0 aliphatic rings. The number of nitro benzene ring substituents is 1. The number of thiazole rings is 1. The topological polar surface area (TPSA) is 68.1 Å². The number of nitrogens with one attached hydrogen (secondary N) is 1. The van der Waals surface area contributed by atoms with E-state index in [-0.39, 0.29) is 5.69 Å². The van der Waals surface area contributed by atoms with E-state index in [0.29, 0.717) is 17.3 Å². The van der Waals surface area contributed by atoms with Crippen LogP contribution in [0.25, 0.3) is 0 Å². The molecule has 1 N–H and O–H groups in total. The minimum atomic E-state index is -0.444. The molecule has 0 bridgehead atoms. The highest BCUT2D eigenvalue weighted by Crippen LogP contribution is 2.28. The summed E-state index contributed by atoms with van der Waals surface area (Å²) in [6, 6.07) is 4.41. The van der Waals surface area contributed by atoms with Crippen LogP contribution in [-0.4, -0.2) is 9.91 Å². The normalized spacial score (nSPS) is 10.2. The molecular formula is C10H8ClN3O2S. The highest BCUT2D eigenvalue weighted by atomic mass is 35.5. The molecule has 1 aromatic carbocycles. The quantitative estimate of drug-likeness (QED) is 0.683. The molecule has 17 heavy (non-hydrogen) atoms. The van der Waals surface area contributed by atoms with E-state index in [1.165, 1.54) is 29.5 Å². The first-order valence-corrected chi connectivity index (χ1v) is 5.99. The molecule has 7 heteroatoms. The van der Waals surface area contributed by atoms with Gasteiger partial charge in [-0.3, -0.25) is 10.1 Å². The maximum atomic E-state index is 10.8. The molecule has 0 spiro atoms. The van der Waals surface area contributed by atoms with Gasteiger partial charge in [0.15, 0.2) is 0 Å². The fourth-order valence-electron chi connectivity index (χ4n) is 1.32. The van der Waals surface area contributed by atoms with Crippen LogP contribution in [0.3, 0.4) is 0 Å². The molecule has 0 atom stereocenters. The number of rotatable bonds is 4. The fourth-order valence-corrected chi connectivity index (χ4v) is 2.05. The van der Waals surface area contributed by atoms with Gasteiger partial charge >= 0.3 is 0 Å². The van der Waals surface area contributed by atoms with Crippen LogP contribution in [0.15, 0.2) is 29.8 Å². The van der Waals surface area contributed by atoms with Crippen molar-refractivity contribution in [3.05, 3.63) is 49.9 Å². The average molecular weight is 270 g/mol. The van der Waals surface area contributed by atoms with Gasteiger partial charge in [-0.15, -0.1) is 11.3 Å². The Morgan fingerprint density at radius 2 is 2.35 bits per heavy atom. The Balaban J connectivity index is 2.19. The molecule has 0 aliphatic carbocycles. The van der Waals surface area contributed by atoms with Crippen LogP contribution in [0.5, 0.6) is 0 Å². The van der Waals surface area contributed by atoms with Crippen LogP contribution in [0.4, 0.5) is 11.4 Å². The second-order valence-corrected chi connectivity index (χ2v) is 4.61. The largest absolute Gasteiger partial charge is 0.373 e. The van der Waals surface area contributed by atoms with Crippen molar-refractivity contribution in [1.29, 1.82) is 0 Å². The summed E-state index contributed by atoms with van der Waals surface area (Å²) in [5, 5.41) is 16.9. The lowest BCUT2D eigenvalue weighted by Crippen LogP contribution is -2.02. The number of benzene rings is 1. The average Bonchev–Trinajstić information content (AvgIpc) is 2.78. The summed E-state index contributed by atoms with van der Waals surface area (Å²) < 4.78 is 0. The molecule has 0 radical (unpaired) electrons. The Morgan fingerprint density at radius 1 is 1.53 bits per heavy atom. The van der Waals surface area contributed by atoms with Crippen LogP contribution >= 0.6 is 22.9 Å². The molecule has 0 unspecified atom stereocenters. The van der Waals surface area contributed by atoms with Crippen LogP contribution in [-0.2, 0) is 6.54 Å². The van der Waals surface area contributed by atoms with Crippen LogP contribution < -0.4 is 5.32 Å². The van der Waals surface area contributed by atoms with Crippen LogP contribution in [0.1, 0.15) is 5.01 Å². The lowest BCUT2D eigenvalue weighted by molar-refractivity contribution is -0.384. The summed E-state index contributed by atoms with van der Waals surface area (Å²) in [6.45, 7) is 0.443. The maximum absolute atomic E-state index is 10.8. The van der Waals surface area contributed by atoms with E-state index in [9.17, 15) is 10.1 Å². The molecule has 5 nitrogen and oxygen atoms in total. The van der Waals surface area contributed by atoms with Crippen molar-refractivity contribution in [2.24, 2.45) is 0 Å². The van der Waals surface area contributed by atoms with Crippen molar-refractivity contribution >= 4 is 34.3 Å². The highest BCUT2D eigenvalue weighted by Gasteiger charge is 2.13. The Morgan fingerprint density at radius 3 is 3.00 bits per heavy atom. The summed E-state index contributed by atoms with van der Waals surface area (Å²) in [4.78, 5) is 14.4. The Hall–Kier alpha value is -1.66. The van der Waals surface area contributed by atoms with Crippen molar-refractivity contribution in [2.45, 2.75) is 6.54 Å². The minimum absolute atomic E-state index is 0.00551. The second kappa shape index (κ2) is 5.11. The lowest BCUT2D eigenvalue weighted by Gasteiger charge is -2.05. The lowest BCUT2D eigenvalue weighted by atomic mass is 10.2. The smallest absolute Gasteiger partial charge is 0.292 e. The summed E-state index contributed by atoms with van der Waals surface area (Å²) in [6.07, 6.45) is 1.69. The van der Waals surface area contributed by atoms with Gasteiger partial charge in [0.1, 0.15) is 10.7 Å². The third-order valence-electron chi connectivity index (χ3n) is 2.07. The summed E-state index contributed by atoms with van der Waals surface area (Å²) in [5.74, 6) is 0. The third kappa shape index (κ3) is 2.92. The van der Waals surface area contributed by atoms with Gasteiger partial charge in [-0.2, -0.15) is 0 Å². The molecule has 88 valence electrons. The van der Waals surface area contributed by atoms with E-state index in [1.54, 1.807) is 6.20 Å². The molecule has 1 heterocycles. The van der Waals surface area contributed by atoms with Gasteiger partial charge in [0, 0.05) is 22.7 Å². The molecule has 0 saturated carbocycles. The Bertz CT molecular complexity index is 530. The molecule has 2 rings (SSSR count). The van der Waals surface area contributed by atoms with Gasteiger partial charge in [0.05, 0.1) is 11.5 Å². The number of halogens is 1. The van der Waals surface area contributed by atoms with Gasteiger partial charge in [0.2, 0.25) is 0 Å². The van der Waals surface area contributed by atoms with E-state index in [2.05, 4.69) is 10.3 Å². The molecule has 0 saturated heterocycles. The van der Waals surface area contributed by atoms with Crippen molar-refractivity contribution in [3.8, 4) is 0 Å². The minimum Gasteiger partial charge on any atom is -0.373 e. The van der Waals surface area contributed by atoms with Crippen LogP contribution in [0, 0.1) is 10.1 Å². The molecule has 2 aromatic rings. The third-order valence-corrected chi connectivity index (χ3v) is 3.08. The van der Waals surface area contributed by atoms with Crippen molar-refractivity contribution < 1.29 is 4.92 Å². The monoisotopic (exact) mass is 269 g/mol. The first-order chi connectivity index (χ1) is 8.16. The predicted molar refractivity (Wildman–Crippen MR) is 67.5 cm³/mol. The highest BCUT2D eigenvalue weighted by molar-refractivity contribution is 7.09. The fraction of sp³-hybridized carbons (Fsp3) is 0.100. The van der Waals surface area contributed by atoms with Crippen molar-refractivity contribution in [1.82, 2.24) is 4.98 Å². The van der Waals surface area contributed by atoms with Crippen LogP contribution in [0.2, 0.25) is 5.02 Å². The zero-order valence-corrected chi connectivity index (χ0v) is 10.2. The maximum Gasteiger partial charge on any atom is 0.292 e. The van der Waals surface area contributed by atoms with Crippen molar-refractivity contribution in [2.75, 3.05) is 5.32 Å². The van der Waals surface area contributed by atoms with Gasteiger partial charge in [-0.05, 0) is 12.1 Å². The zero-order chi connectivity index (χ0) is 12.3. The van der Waals surface area contributed by atoms with Gasteiger partial charge in [-0.1, -0.05) is 11.6 Å². The van der Waals surface area contributed by atoms with E-state index >= 15 is 0 Å². The van der Waals surface area contributed by atoms with Gasteiger partial charge < -0.3 is 5.32 Å². The Labute approximate surface area is 106 Å². The molecular weight excluding hydrogens is 262 g/mol. The van der Waals surface area contributed by atoms with E-state index in [4.69, 9.17) is 11.6 Å². The standard InChI is InChI=1S/C10H8ClN3O2S/c11-7-1-2-9(14(15)16)8(5-7)13-6-10-12-3-4-17-10/h1-5,13H,6H2. The van der Waals surface area contributed by atoms with Gasteiger partial charge in [0.25, 0.3) is 5.69 Å². The molecule has 0 aliphatic heterocycles. The summed E-state index contributed by atoms with van der Waals surface area (Å²) >= 11 is 7.29. The first-order valence-electron chi connectivity index (χ1n) is 4.73. The Kier molecular flexibility index (Phi) is 3.55. The number of aromatic nitrogens is 1.